The Morgan fingerprint density at radius 3 is 2.45 bits per heavy atom. The molecule has 0 bridgehead atoms. The monoisotopic (exact) mass is 451 g/mol. The van der Waals surface area contributed by atoms with E-state index in [1.165, 1.54) is 6.07 Å². The van der Waals surface area contributed by atoms with E-state index in [2.05, 4.69) is 10.3 Å². The van der Waals surface area contributed by atoms with Crippen molar-refractivity contribution in [3.8, 4) is 0 Å². The van der Waals surface area contributed by atoms with Crippen LogP contribution in [0.1, 0.15) is 41.8 Å². The van der Waals surface area contributed by atoms with Gasteiger partial charge in [-0.05, 0) is 55.2 Å². The van der Waals surface area contributed by atoms with Gasteiger partial charge in [0.25, 0.3) is 5.56 Å². The molecule has 0 aliphatic rings. The molecule has 0 radical (unpaired) electrons. The lowest BCUT2D eigenvalue weighted by molar-refractivity contribution is -0.142. The second-order valence-electron chi connectivity index (χ2n) is 7.29. The third-order valence-corrected chi connectivity index (χ3v) is 5.55. The number of aromatic nitrogens is 2. The van der Waals surface area contributed by atoms with Crippen LogP contribution in [0.5, 0.6) is 0 Å². The van der Waals surface area contributed by atoms with Crippen molar-refractivity contribution in [1.29, 1.82) is 0 Å². The van der Waals surface area contributed by atoms with E-state index in [0.29, 0.717) is 10.6 Å². The van der Waals surface area contributed by atoms with E-state index >= 15 is 0 Å². The Kier molecular flexibility index (Phi) is 6.40. The lowest BCUT2D eigenvalue weighted by Crippen LogP contribution is -2.40. The van der Waals surface area contributed by atoms with Crippen LogP contribution in [0.2, 0.25) is 5.02 Å². The van der Waals surface area contributed by atoms with Crippen LogP contribution in [0.25, 0.3) is 11.0 Å². The molecule has 3 aromatic rings. The molecule has 31 heavy (non-hydrogen) atoms. The number of rotatable bonds is 5. The number of hydrogen-bond acceptors (Lipinski definition) is 3. The van der Waals surface area contributed by atoms with Crippen molar-refractivity contribution in [3.05, 3.63) is 74.2 Å². The summed E-state index contributed by atoms with van der Waals surface area (Å²) in [7, 11) is 0. The first-order valence-corrected chi connectivity index (χ1v) is 10.0. The van der Waals surface area contributed by atoms with Crippen molar-refractivity contribution in [1.82, 2.24) is 14.9 Å². The second kappa shape index (κ2) is 8.70. The summed E-state index contributed by atoms with van der Waals surface area (Å²) in [6, 6.07) is 8.82. The second-order valence-corrected chi connectivity index (χ2v) is 7.70. The molecular weight excluding hydrogens is 431 g/mol. The number of fused-ring (bicyclic) bond motifs is 1. The Morgan fingerprint density at radius 1 is 1.19 bits per heavy atom. The summed E-state index contributed by atoms with van der Waals surface area (Å²) in [5.41, 5.74) is -0.540. The molecule has 1 atom stereocenters. The standard InChI is InChI=1S/C22H21ClF3N3O2/c1-4-17(20(30)27-11-14-7-5-6-8-15(14)23)29-18-10-13(3)12(2)9-16(18)28-19(21(29)31)22(24,25)26/h5-10,17H,4,11H2,1-3H3,(H,27,30)/t17-/m0/s1. The fraction of sp³-hybridized carbons (Fsp3) is 0.318. The van der Waals surface area contributed by atoms with Gasteiger partial charge in [-0.25, -0.2) is 4.98 Å². The van der Waals surface area contributed by atoms with Crippen LogP contribution in [0.4, 0.5) is 13.2 Å². The molecule has 1 amide bonds. The fourth-order valence-corrected chi connectivity index (χ4v) is 3.58. The van der Waals surface area contributed by atoms with E-state index in [4.69, 9.17) is 11.6 Å². The average Bonchev–Trinajstić information content (AvgIpc) is 2.70. The Labute approximate surface area is 181 Å². The molecule has 0 fully saturated rings. The van der Waals surface area contributed by atoms with Gasteiger partial charge in [-0.2, -0.15) is 13.2 Å². The van der Waals surface area contributed by atoms with E-state index in [9.17, 15) is 22.8 Å². The molecule has 0 aliphatic heterocycles. The van der Waals surface area contributed by atoms with Crippen LogP contribution in [-0.4, -0.2) is 15.5 Å². The Balaban J connectivity index is 2.12. The Morgan fingerprint density at radius 2 is 1.84 bits per heavy atom. The minimum absolute atomic E-state index is 0.00683. The molecule has 0 unspecified atom stereocenters. The molecule has 1 aromatic heterocycles. The van der Waals surface area contributed by atoms with Crippen LogP contribution < -0.4 is 10.9 Å². The summed E-state index contributed by atoms with van der Waals surface area (Å²) >= 11 is 6.10. The Hall–Kier alpha value is -2.87. The van der Waals surface area contributed by atoms with Gasteiger partial charge in [-0.3, -0.25) is 14.2 Å². The van der Waals surface area contributed by atoms with Crippen LogP contribution in [0.15, 0.2) is 41.2 Å². The number of benzene rings is 2. The maximum absolute atomic E-state index is 13.5. The number of carbonyl (C=O) groups excluding carboxylic acids is 1. The topological polar surface area (TPSA) is 64.0 Å². The quantitative estimate of drug-likeness (QED) is 0.596. The third-order valence-electron chi connectivity index (χ3n) is 5.18. The van der Waals surface area contributed by atoms with E-state index in [1.54, 1.807) is 51.1 Å². The molecule has 1 heterocycles. The molecule has 2 aromatic carbocycles. The summed E-state index contributed by atoms with van der Waals surface area (Å²) in [6.45, 7) is 5.23. The van der Waals surface area contributed by atoms with Gasteiger partial charge < -0.3 is 5.32 Å². The average molecular weight is 452 g/mol. The zero-order valence-corrected chi connectivity index (χ0v) is 17.9. The zero-order chi connectivity index (χ0) is 22.9. The van der Waals surface area contributed by atoms with Crippen molar-refractivity contribution < 1.29 is 18.0 Å². The maximum Gasteiger partial charge on any atom is 0.438 e. The number of carbonyl (C=O) groups is 1. The first-order valence-electron chi connectivity index (χ1n) is 9.66. The van der Waals surface area contributed by atoms with Crippen molar-refractivity contribution >= 4 is 28.5 Å². The fourth-order valence-electron chi connectivity index (χ4n) is 3.38. The molecule has 9 heteroatoms. The molecule has 0 spiro atoms. The first kappa shape index (κ1) is 22.8. The summed E-state index contributed by atoms with van der Waals surface area (Å²) < 4.78 is 41.5. The molecule has 3 rings (SSSR count). The molecular formula is C22H21ClF3N3O2. The van der Waals surface area contributed by atoms with Gasteiger partial charge in [0.2, 0.25) is 11.6 Å². The van der Waals surface area contributed by atoms with Gasteiger partial charge in [0.05, 0.1) is 11.0 Å². The van der Waals surface area contributed by atoms with Crippen LogP contribution >= 0.6 is 11.6 Å². The number of amides is 1. The molecule has 1 N–H and O–H groups in total. The summed E-state index contributed by atoms with van der Waals surface area (Å²) in [5.74, 6) is -0.580. The minimum Gasteiger partial charge on any atom is -0.350 e. The van der Waals surface area contributed by atoms with Crippen LogP contribution in [0, 0.1) is 13.8 Å². The summed E-state index contributed by atoms with van der Waals surface area (Å²) in [5, 5.41) is 3.13. The number of halogens is 4. The van der Waals surface area contributed by atoms with Gasteiger partial charge in [0.15, 0.2) is 0 Å². The number of nitrogens with zero attached hydrogens (tertiary/aromatic N) is 2. The molecule has 5 nitrogen and oxygen atoms in total. The zero-order valence-electron chi connectivity index (χ0n) is 17.2. The minimum atomic E-state index is -4.95. The number of alkyl halides is 3. The summed E-state index contributed by atoms with van der Waals surface area (Å²) in [6.07, 6.45) is -4.84. The molecule has 0 aliphatic carbocycles. The van der Waals surface area contributed by atoms with E-state index < -0.39 is 29.4 Å². The highest BCUT2D eigenvalue weighted by Gasteiger charge is 2.38. The van der Waals surface area contributed by atoms with Gasteiger partial charge in [-0.15, -0.1) is 0 Å². The maximum atomic E-state index is 13.5. The first-order chi connectivity index (χ1) is 14.5. The van der Waals surface area contributed by atoms with Gasteiger partial charge in [0.1, 0.15) is 6.04 Å². The van der Waals surface area contributed by atoms with Crippen LogP contribution in [-0.2, 0) is 17.5 Å². The van der Waals surface area contributed by atoms with Crippen LogP contribution in [0.3, 0.4) is 0 Å². The van der Waals surface area contributed by atoms with Crippen molar-refractivity contribution in [2.45, 2.75) is 46.0 Å². The van der Waals surface area contributed by atoms with Gasteiger partial charge in [-0.1, -0.05) is 36.7 Å². The SMILES string of the molecule is CC[C@@H](C(=O)NCc1ccccc1Cl)n1c(=O)c(C(F)(F)F)nc2cc(C)c(C)cc21. The van der Waals surface area contributed by atoms with E-state index in [1.807, 2.05) is 0 Å². The third kappa shape index (κ3) is 4.58. The number of nitrogens with one attached hydrogen (secondary N) is 1. The number of aryl methyl sites for hydroxylation is 2. The predicted octanol–water partition coefficient (Wildman–Crippen LogP) is 4.95. The van der Waals surface area contributed by atoms with Crippen molar-refractivity contribution in [3.63, 3.8) is 0 Å². The lowest BCUT2D eigenvalue weighted by Gasteiger charge is -2.22. The largest absolute Gasteiger partial charge is 0.438 e. The molecule has 0 saturated heterocycles. The highest BCUT2D eigenvalue weighted by atomic mass is 35.5. The Bertz CT molecular complexity index is 1210. The van der Waals surface area contributed by atoms with Crippen molar-refractivity contribution in [2.75, 3.05) is 0 Å². The van der Waals surface area contributed by atoms with Gasteiger partial charge in [0, 0.05) is 11.6 Å². The van der Waals surface area contributed by atoms with E-state index in [0.717, 1.165) is 15.7 Å². The predicted molar refractivity (Wildman–Crippen MR) is 113 cm³/mol. The highest BCUT2D eigenvalue weighted by molar-refractivity contribution is 6.31. The van der Waals surface area contributed by atoms with E-state index in [-0.39, 0.29) is 24.0 Å². The van der Waals surface area contributed by atoms with Gasteiger partial charge >= 0.3 is 6.18 Å². The smallest absolute Gasteiger partial charge is 0.350 e. The summed E-state index contributed by atoms with van der Waals surface area (Å²) in [4.78, 5) is 29.4. The lowest BCUT2D eigenvalue weighted by atomic mass is 10.1. The highest BCUT2D eigenvalue weighted by Crippen LogP contribution is 2.29. The number of hydrogen-bond donors (Lipinski definition) is 1. The van der Waals surface area contributed by atoms with Crippen molar-refractivity contribution in [2.24, 2.45) is 0 Å². The molecule has 0 saturated carbocycles. The normalized spacial score (nSPS) is 12.7. The molecule has 164 valence electrons.